The molecule has 0 aliphatic carbocycles. The molecule has 0 aliphatic heterocycles. The lowest BCUT2D eigenvalue weighted by molar-refractivity contribution is -0.386. The average molecular weight is 285 g/mol. The smallest absolute Gasteiger partial charge is 0.327 e. The molecule has 0 atom stereocenters. The minimum atomic E-state index is -0.504. The number of nitrogens with zero attached hydrogens (tertiary/aromatic N) is 3. The van der Waals surface area contributed by atoms with Crippen LogP contribution in [0.5, 0.6) is 0 Å². The zero-order valence-electron chi connectivity index (χ0n) is 12.1. The molecule has 0 saturated heterocycles. The van der Waals surface area contributed by atoms with Gasteiger partial charge < -0.3 is 9.47 Å². The van der Waals surface area contributed by atoms with Crippen molar-refractivity contribution in [1.82, 2.24) is 9.78 Å². The summed E-state index contributed by atoms with van der Waals surface area (Å²) in [7, 11) is 0. The molecular weight excluding hydrogens is 266 g/mol. The highest BCUT2D eigenvalue weighted by Gasteiger charge is 2.22. The number of hydrogen-bond donors (Lipinski definition) is 0. The Kier molecular flexibility index (Phi) is 5.63. The van der Waals surface area contributed by atoms with Crippen LogP contribution in [0.1, 0.15) is 25.2 Å². The minimum absolute atomic E-state index is 0.0686. The molecule has 0 unspecified atom stereocenters. The predicted molar refractivity (Wildman–Crippen MR) is 70.4 cm³/mol. The van der Waals surface area contributed by atoms with Gasteiger partial charge in [0.15, 0.2) is 0 Å². The van der Waals surface area contributed by atoms with Crippen LogP contribution in [0, 0.1) is 24.0 Å². The van der Waals surface area contributed by atoms with Gasteiger partial charge in [0.25, 0.3) is 0 Å². The van der Waals surface area contributed by atoms with Gasteiger partial charge in [0.05, 0.1) is 17.6 Å². The summed E-state index contributed by atoms with van der Waals surface area (Å²) in [6.45, 7) is 7.17. The summed E-state index contributed by atoms with van der Waals surface area (Å²) in [6, 6.07) is 0. The van der Waals surface area contributed by atoms with Gasteiger partial charge in [0.1, 0.15) is 24.5 Å². The summed E-state index contributed by atoms with van der Waals surface area (Å²) in [5, 5.41) is 14.8. The van der Waals surface area contributed by atoms with Crippen molar-refractivity contribution in [2.24, 2.45) is 0 Å². The normalized spacial score (nSPS) is 10.8. The van der Waals surface area contributed by atoms with Crippen molar-refractivity contribution in [2.75, 3.05) is 13.2 Å². The monoisotopic (exact) mass is 285 g/mol. The Labute approximate surface area is 116 Å². The van der Waals surface area contributed by atoms with Gasteiger partial charge in [-0.05, 0) is 27.7 Å². The highest BCUT2D eigenvalue weighted by molar-refractivity contribution is 5.69. The van der Waals surface area contributed by atoms with E-state index in [-0.39, 0.29) is 30.6 Å². The fraction of sp³-hybridized carbons (Fsp3) is 0.667. The lowest BCUT2D eigenvalue weighted by Gasteiger charge is -2.08. The minimum Gasteiger partial charge on any atom is -0.462 e. The highest BCUT2D eigenvalue weighted by atomic mass is 16.6. The van der Waals surface area contributed by atoms with Gasteiger partial charge >= 0.3 is 11.7 Å². The number of rotatable bonds is 7. The highest BCUT2D eigenvalue weighted by Crippen LogP contribution is 2.21. The van der Waals surface area contributed by atoms with E-state index in [1.165, 1.54) is 11.6 Å². The molecule has 1 aromatic rings. The maximum atomic E-state index is 11.6. The van der Waals surface area contributed by atoms with Crippen LogP contribution in [-0.4, -0.2) is 40.0 Å². The summed E-state index contributed by atoms with van der Waals surface area (Å²) in [5.74, 6) is -0.502. The number of hydrogen-bond acceptors (Lipinski definition) is 6. The van der Waals surface area contributed by atoms with Crippen molar-refractivity contribution in [1.29, 1.82) is 0 Å². The van der Waals surface area contributed by atoms with Gasteiger partial charge in [-0.1, -0.05) is 0 Å². The maximum absolute atomic E-state index is 11.6. The Morgan fingerprint density at radius 2 is 2.05 bits per heavy atom. The Balaban J connectivity index is 2.54. The lowest BCUT2D eigenvalue weighted by atomic mass is 10.3. The number of aryl methyl sites for hydroxylation is 1. The quantitative estimate of drug-likeness (QED) is 0.325. The molecule has 1 aromatic heterocycles. The molecule has 0 fully saturated rings. The van der Waals surface area contributed by atoms with Gasteiger partial charge in [-0.3, -0.25) is 19.6 Å². The second kappa shape index (κ2) is 6.99. The first-order chi connectivity index (χ1) is 9.32. The molecule has 1 rings (SSSR count). The fourth-order valence-corrected chi connectivity index (χ4v) is 1.71. The van der Waals surface area contributed by atoms with E-state index in [9.17, 15) is 14.9 Å². The molecule has 112 valence electrons. The molecule has 8 heteroatoms. The number of carbonyl (C=O) groups is 1. The molecule has 0 saturated carbocycles. The van der Waals surface area contributed by atoms with Crippen molar-refractivity contribution >= 4 is 11.7 Å². The molecule has 0 aliphatic rings. The van der Waals surface area contributed by atoms with Crippen LogP contribution in [-0.2, 0) is 20.8 Å². The number of ether oxygens (including phenoxy) is 2. The van der Waals surface area contributed by atoms with Crippen LogP contribution in [0.25, 0.3) is 0 Å². The Morgan fingerprint density at radius 1 is 1.40 bits per heavy atom. The number of aromatic nitrogens is 2. The van der Waals surface area contributed by atoms with Gasteiger partial charge in [0.2, 0.25) is 0 Å². The van der Waals surface area contributed by atoms with Crippen molar-refractivity contribution in [3.8, 4) is 0 Å². The average Bonchev–Trinajstić information content (AvgIpc) is 2.59. The second-order valence-electron chi connectivity index (χ2n) is 4.57. The van der Waals surface area contributed by atoms with E-state index in [4.69, 9.17) is 9.47 Å². The molecule has 0 N–H and O–H groups in total. The number of carbonyl (C=O) groups excluding carboxylic acids is 1. The molecule has 0 spiro atoms. The standard InChI is InChI=1S/C12H19N3O5/c1-8(2)19-5-6-20-11(16)7-14-10(4)12(15(17)18)9(3)13-14/h8H,5-7H2,1-4H3. The van der Waals surface area contributed by atoms with Crippen LogP contribution in [0.2, 0.25) is 0 Å². The summed E-state index contributed by atoms with van der Waals surface area (Å²) in [5.41, 5.74) is 0.548. The first kappa shape index (κ1) is 16.1. The van der Waals surface area contributed by atoms with Crippen molar-refractivity contribution in [3.63, 3.8) is 0 Å². The van der Waals surface area contributed by atoms with Crippen LogP contribution in [0.3, 0.4) is 0 Å². The summed E-state index contributed by atoms with van der Waals surface area (Å²) < 4.78 is 11.5. The van der Waals surface area contributed by atoms with Crippen LogP contribution in [0.4, 0.5) is 5.69 Å². The van der Waals surface area contributed by atoms with Gasteiger partial charge in [-0.25, -0.2) is 0 Å². The van der Waals surface area contributed by atoms with E-state index in [0.29, 0.717) is 12.3 Å². The van der Waals surface area contributed by atoms with Gasteiger partial charge in [0, 0.05) is 0 Å². The third-order valence-corrected chi connectivity index (χ3v) is 2.60. The first-order valence-electron chi connectivity index (χ1n) is 6.28. The zero-order valence-corrected chi connectivity index (χ0v) is 12.1. The summed E-state index contributed by atoms with van der Waals surface area (Å²) in [6.07, 6.45) is 0.0763. The number of nitro groups is 1. The molecular formula is C12H19N3O5. The van der Waals surface area contributed by atoms with Crippen molar-refractivity contribution < 1.29 is 19.2 Å². The van der Waals surface area contributed by atoms with E-state index in [1.54, 1.807) is 6.92 Å². The van der Waals surface area contributed by atoms with E-state index in [2.05, 4.69) is 5.10 Å². The number of esters is 1. The van der Waals surface area contributed by atoms with E-state index in [0.717, 1.165) is 0 Å². The third-order valence-electron chi connectivity index (χ3n) is 2.60. The Hall–Kier alpha value is -1.96. The molecule has 0 amide bonds. The Bertz CT molecular complexity index is 496. The maximum Gasteiger partial charge on any atom is 0.327 e. The van der Waals surface area contributed by atoms with Crippen LogP contribution in [0.15, 0.2) is 0 Å². The van der Waals surface area contributed by atoms with Crippen molar-refractivity contribution in [2.45, 2.75) is 40.3 Å². The molecule has 20 heavy (non-hydrogen) atoms. The van der Waals surface area contributed by atoms with E-state index < -0.39 is 10.9 Å². The summed E-state index contributed by atoms with van der Waals surface area (Å²) >= 11 is 0. The molecule has 8 nitrogen and oxygen atoms in total. The SMILES string of the molecule is Cc1nn(CC(=O)OCCOC(C)C)c(C)c1[N+](=O)[O-]. The van der Waals surface area contributed by atoms with Crippen molar-refractivity contribution in [3.05, 3.63) is 21.5 Å². The van der Waals surface area contributed by atoms with Crippen LogP contribution < -0.4 is 0 Å². The fourth-order valence-electron chi connectivity index (χ4n) is 1.71. The van der Waals surface area contributed by atoms with Gasteiger partial charge in [-0.2, -0.15) is 5.10 Å². The van der Waals surface area contributed by atoms with E-state index in [1.807, 2.05) is 13.8 Å². The first-order valence-corrected chi connectivity index (χ1v) is 6.28. The molecule has 0 bridgehead atoms. The topological polar surface area (TPSA) is 96.5 Å². The largest absolute Gasteiger partial charge is 0.462 e. The molecule has 0 radical (unpaired) electrons. The summed E-state index contributed by atoms with van der Waals surface area (Å²) in [4.78, 5) is 21.9. The Morgan fingerprint density at radius 3 is 2.55 bits per heavy atom. The molecule has 1 heterocycles. The third kappa shape index (κ3) is 4.30. The predicted octanol–water partition coefficient (Wildman–Crippen LogP) is 1.38. The van der Waals surface area contributed by atoms with Crippen LogP contribution >= 0.6 is 0 Å². The van der Waals surface area contributed by atoms with Gasteiger partial charge in [-0.15, -0.1) is 0 Å². The van der Waals surface area contributed by atoms with E-state index >= 15 is 0 Å². The lowest BCUT2D eigenvalue weighted by Crippen LogP contribution is -2.19. The molecule has 0 aromatic carbocycles. The zero-order chi connectivity index (χ0) is 15.3. The second-order valence-corrected chi connectivity index (χ2v) is 4.57.